The maximum Gasteiger partial charge on any atom is 0.253 e. The van der Waals surface area contributed by atoms with Gasteiger partial charge in [0, 0.05) is 41.9 Å². The van der Waals surface area contributed by atoms with Gasteiger partial charge in [0.15, 0.2) is 11.6 Å². The summed E-state index contributed by atoms with van der Waals surface area (Å²) in [5, 5.41) is 3.79. The van der Waals surface area contributed by atoms with Gasteiger partial charge in [-0.25, -0.2) is 9.37 Å². The molecule has 2 aromatic carbocycles. The van der Waals surface area contributed by atoms with Crippen molar-refractivity contribution in [1.82, 2.24) is 15.2 Å². The number of rotatable bonds is 6. The Morgan fingerprint density at radius 1 is 1.11 bits per heavy atom. The monoisotopic (exact) mass is 542 g/mol. The molecule has 0 unspecified atom stereocenters. The zero-order chi connectivity index (χ0) is 26.0. The molecule has 0 bridgehead atoms. The van der Waals surface area contributed by atoms with E-state index in [2.05, 4.69) is 10.3 Å². The first kappa shape index (κ1) is 25.8. The number of nitrogens with zero attached hydrogens (tertiary/aromatic N) is 2. The number of nitrogens with one attached hydrogen (secondary N) is 1. The number of anilines is 1. The Bertz CT molecular complexity index is 1300. The predicted octanol–water partition coefficient (Wildman–Crippen LogP) is 5.61. The quantitative estimate of drug-likeness (QED) is 0.395. The lowest BCUT2D eigenvalue weighted by Crippen LogP contribution is -2.39. The minimum Gasteiger partial charge on any atom is -0.489 e. The van der Waals surface area contributed by atoms with Crippen LogP contribution in [-0.2, 0) is 6.42 Å². The SMILES string of the molecule is Nc1ncc(-c2ccc(C(=O)N3CCC4(CCNCC4)C3)cc2)cc1OCCc1c(Cl)ccc(F)c1Cl. The number of ether oxygens (including phenoxy) is 1. The van der Waals surface area contributed by atoms with Gasteiger partial charge in [-0.15, -0.1) is 0 Å². The van der Waals surface area contributed by atoms with E-state index >= 15 is 0 Å². The highest BCUT2D eigenvalue weighted by Crippen LogP contribution is 2.39. The van der Waals surface area contributed by atoms with Crippen molar-refractivity contribution in [3.63, 3.8) is 0 Å². The molecule has 2 aliphatic rings. The summed E-state index contributed by atoms with van der Waals surface area (Å²) in [6, 6.07) is 12.0. The van der Waals surface area contributed by atoms with Crippen LogP contribution < -0.4 is 15.8 Å². The summed E-state index contributed by atoms with van der Waals surface area (Å²) < 4.78 is 19.6. The lowest BCUT2D eigenvalue weighted by atomic mass is 9.78. The Labute approximate surface area is 225 Å². The van der Waals surface area contributed by atoms with Crippen LogP contribution in [0.4, 0.5) is 10.2 Å². The van der Waals surface area contributed by atoms with E-state index in [0.717, 1.165) is 56.6 Å². The highest BCUT2D eigenvalue weighted by molar-refractivity contribution is 6.36. The van der Waals surface area contributed by atoms with Crippen LogP contribution in [0.15, 0.2) is 48.7 Å². The van der Waals surface area contributed by atoms with Crippen molar-refractivity contribution in [3.05, 3.63) is 75.7 Å². The first-order chi connectivity index (χ1) is 17.8. The fraction of sp³-hybridized carbons (Fsp3) is 0.357. The zero-order valence-electron chi connectivity index (χ0n) is 20.4. The van der Waals surface area contributed by atoms with E-state index in [1.54, 1.807) is 12.3 Å². The average Bonchev–Trinajstić information content (AvgIpc) is 3.32. The standard InChI is InChI=1S/C28H29Cl2FN4O2/c29-22-5-6-23(31)25(30)21(22)7-14-37-24-15-20(16-34-26(24)32)18-1-3-19(4-2-18)27(36)35-13-10-28(17-35)8-11-33-12-9-28/h1-6,15-16,33H,7-14,17H2,(H2,32,34). The molecule has 3 aromatic rings. The average molecular weight is 543 g/mol. The number of carbonyl (C=O) groups excluding carboxylic acids is 1. The van der Waals surface area contributed by atoms with Crippen LogP contribution in [0.25, 0.3) is 11.1 Å². The summed E-state index contributed by atoms with van der Waals surface area (Å²) in [7, 11) is 0. The van der Waals surface area contributed by atoms with Crippen molar-refractivity contribution < 1.29 is 13.9 Å². The molecule has 3 N–H and O–H groups in total. The Morgan fingerprint density at radius 2 is 1.86 bits per heavy atom. The van der Waals surface area contributed by atoms with Crippen molar-refractivity contribution in [2.75, 3.05) is 38.5 Å². The lowest BCUT2D eigenvalue weighted by Gasteiger charge is -2.33. The summed E-state index contributed by atoms with van der Waals surface area (Å²) in [4.78, 5) is 19.4. The van der Waals surface area contributed by atoms with Crippen LogP contribution in [0, 0.1) is 11.2 Å². The van der Waals surface area contributed by atoms with E-state index in [4.69, 9.17) is 33.7 Å². The summed E-state index contributed by atoms with van der Waals surface area (Å²) >= 11 is 12.2. The lowest BCUT2D eigenvalue weighted by molar-refractivity contribution is 0.0762. The van der Waals surface area contributed by atoms with Crippen LogP contribution in [0.3, 0.4) is 0 Å². The van der Waals surface area contributed by atoms with E-state index in [1.807, 2.05) is 29.2 Å². The maximum atomic E-state index is 13.8. The van der Waals surface area contributed by atoms with Crippen LogP contribution in [0.2, 0.25) is 10.0 Å². The molecule has 9 heteroatoms. The number of benzene rings is 2. The van der Waals surface area contributed by atoms with Crippen LogP contribution in [0.5, 0.6) is 5.75 Å². The number of pyridine rings is 1. The molecule has 1 amide bonds. The Morgan fingerprint density at radius 3 is 2.62 bits per heavy atom. The van der Waals surface area contributed by atoms with Crippen molar-refractivity contribution in [2.24, 2.45) is 5.41 Å². The van der Waals surface area contributed by atoms with Gasteiger partial charge in [-0.1, -0.05) is 35.3 Å². The molecule has 0 saturated carbocycles. The van der Waals surface area contributed by atoms with Crippen molar-refractivity contribution >= 4 is 34.9 Å². The molecular weight excluding hydrogens is 514 g/mol. The fourth-order valence-electron chi connectivity index (χ4n) is 5.25. The van der Waals surface area contributed by atoms with Gasteiger partial charge < -0.3 is 20.7 Å². The Hall–Kier alpha value is -2.87. The van der Waals surface area contributed by atoms with Crippen LogP contribution >= 0.6 is 23.2 Å². The van der Waals surface area contributed by atoms with Gasteiger partial charge in [0.1, 0.15) is 5.82 Å². The van der Waals surface area contributed by atoms with E-state index in [1.165, 1.54) is 12.1 Å². The van der Waals surface area contributed by atoms with Gasteiger partial charge in [0.2, 0.25) is 0 Å². The number of aromatic nitrogens is 1. The number of amides is 1. The van der Waals surface area contributed by atoms with E-state index < -0.39 is 5.82 Å². The highest BCUT2D eigenvalue weighted by atomic mass is 35.5. The Balaban J connectivity index is 1.24. The van der Waals surface area contributed by atoms with Crippen molar-refractivity contribution in [2.45, 2.75) is 25.7 Å². The molecule has 6 nitrogen and oxygen atoms in total. The van der Waals surface area contributed by atoms with E-state index in [-0.39, 0.29) is 28.8 Å². The summed E-state index contributed by atoms with van der Waals surface area (Å²) in [5.74, 6) is 0.205. The van der Waals surface area contributed by atoms with Gasteiger partial charge >= 0.3 is 0 Å². The second kappa shape index (κ2) is 10.9. The smallest absolute Gasteiger partial charge is 0.253 e. The molecule has 194 valence electrons. The number of nitrogen functional groups attached to an aromatic ring is 1. The van der Waals surface area contributed by atoms with Crippen molar-refractivity contribution in [1.29, 1.82) is 0 Å². The number of piperidine rings is 1. The fourth-order valence-corrected chi connectivity index (χ4v) is 5.81. The molecule has 2 fully saturated rings. The molecule has 0 aliphatic carbocycles. The molecule has 1 aromatic heterocycles. The predicted molar refractivity (Wildman–Crippen MR) is 145 cm³/mol. The molecule has 2 saturated heterocycles. The van der Waals surface area contributed by atoms with Gasteiger partial charge in [-0.05, 0) is 79.2 Å². The summed E-state index contributed by atoms with van der Waals surface area (Å²) in [6.45, 7) is 3.91. The maximum absolute atomic E-state index is 13.8. The molecular formula is C28H29Cl2FN4O2. The third-order valence-electron chi connectivity index (χ3n) is 7.49. The van der Waals surface area contributed by atoms with Gasteiger partial charge in [0.25, 0.3) is 5.91 Å². The molecule has 2 aliphatic heterocycles. The molecule has 37 heavy (non-hydrogen) atoms. The number of hydrogen-bond acceptors (Lipinski definition) is 5. The number of nitrogens with two attached hydrogens (primary N) is 1. The number of hydrogen-bond donors (Lipinski definition) is 2. The van der Waals surface area contributed by atoms with Gasteiger partial charge in [0.05, 0.1) is 11.6 Å². The highest BCUT2D eigenvalue weighted by Gasteiger charge is 2.40. The number of carbonyl (C=O) groups is 1. The third kappa shape index (κ3) is 5.54. The largest absolute Gasteiger partial charge is 0.489 e. The summed E-state index contributed by atoms with van der Waals surface area (Å²) in [5.41, 5.74) is 9.15. The second-order valence-corrected chi connectivity index (χ2v) is 10.6. The normalized spacial score (nSPS) is 16.8. The first-order valence-electron chi connectivity index (χ1n) is 12.5. The molecule has 0 radical (unpaired) electrons. The van der Waals surface area contributed by atoms with Crippen molar-refractivity contribution in [3.8, 4) is 16.9 Å². The first-order valence-corrected chi connectivity index (χ1v) is 13.2. The van der Waals surface area contributed by atoms with Crippen LogP contribution in [0.1, 0.15) is 35.2 Å². The second-order valence-electron chi connectivity index (χ2n) is 9.83. The topological polar surface area (TPSA) is 80.5 Å². The minimum absolute atomic E-state index is 0.00886. The molecule has 5 rings (SSSR count). The van der Waals surface area contributed by atoms with Gasteiger partial charge in [-0.2, -0.15) is 0 Å². The molecule has 0 atom stereocenters. The molecule has 1 spiro atoms. The number of halogens is 3. The van der Waals surface area contributed by atoms with Crippen LogP contribution in [-0.4, -0.2) is 48.6 Å². The number of likely N-dealkylation sites (tertiary alicyclic amines) is 1. The van der Waals surface area contributed by atoms with E-state index in [0.29, 0.717) is 28.3 Å². The molecule has 3 heterocycles. The zero-order valence-corrected chi connectivity index (χ0v) is 21.9. The summed E-state index contributed by atoms with van der Waals surface area (Å²) in [6.07, 6.45) is 5.32. The van der Waals surface area contributed by atoms with Gasteiger partial charge in [-0.3, -0.25) is 4.79 Å². The van der Waals surface area contributed by atoms with E-state index in [9.17, 15) is 9.18 Å². The Kier molecular flexibility index (Phi) is 7.56. The third-order valence-corrected chi connectivity index (χ3v) is 8.25. The minimum atomic E-state index is -0.526.